The number of pyridine rings is 1. The Kier molecular flexibility index (Phi) is 4.26. The molecule has 0 bridgehead atoms. The van der Waals surface area contributed by atoms with Crippen molar-refractivity contribution in [1.82, 2.24) is 9.47 Å². The van der Waals surface area contributed by atoms with Crippen LogP contribution in [0.3, 0.4) is 0 Å². The molecule has 6 nitrogen and oxygen atoms in total. The fourth-order valence-corrected chi connectivity index (χ4v) is 3.44. The van der Waals surface area contributed by atoms with E-state index in [0.717, 1.165) is 30.8 Å². The third-order valence-electron chi connectivity index (χ3n) is 4.50. The normalized spacial score (nSPS) is 25.0. The zero-order chi connectivity index (χ0) is 16.6. The Morgan fingerprint density at radius 2 is 2.26 bits per heavy atom. The Balaban J connectivity index is 2.26. The molecule has 2 atom stereocenters. The number of hydrogen-bond acceptors (Lipinski definition) is 5. The number of allylic oxidation sites excluding steroid dienone is 1. The number of carbonyl (C=O) groups excluding carboxylic acids is 1. The van der Waals surface area contributed by atoms with Crippen molar-refractivity contribution in [3.05, 3.63) is 33.8 Å². The molecule has 0 amide bonds. The lowest BCUT2D eigenvalue weighted by molar-refractivity contribution is -0.102. The van der Waals surface area contributed by atoms with Crippen molar-refractivity contribution in [2.24, 2.45) is 0 Å². The van der Waals surface area contributed by atoms with Crippen LogP contribution < -0.4 is 10.2 Å². The molecule has 23 heavy (non-hydrogen) atoms. The maximum absolute atomic E-state index is 12.4. The molecule has 1 aromatic heterocycles. The standard InChI is InChI=1S/C17H22N2O4/c1-4-5-13-15-17(22-3)16(21)12(10-20)8-18(15)9-14-19(13)11(2)6-7-23-14/h5,8,10-11,14H,4,6-7,9H2,1-3H3/b13-5+/t11-,14+/m1/s1. The highest BCUT2D eigenvalue weighted by atomic mass is 16.5. The number of hydrogen-bond donors (Lipinski definition) is 0. The number of nitrogens with zero attached hydrogens (tertiary/aromatic N) is 2. The number of methoxy groups -OCH3 is 1. The Bertz CT molecular complexity index is 707. The van der Waals surface area contributed by atoms with Gasteiger partial charge in [-0.15, -0.1) is 0 Å². The fraction of sp³-hybridized carbons (Fsp3) is 0.529. The average molecular weight is 318 g/mol. The molecular formula is C17H22N2O4. The highest BCUT2D eigenvalue weighted by Crippen LogP contribution is 2.37. The zero-order valence-corrected chi connectivity index (χ0v) is 13.7. The van der Waals surface area contributed by atoms with Gasteiger partial charge in [-0.3, -0.25) is 9.59 Å². The van der Waals surface area contributed by atoms with Crippen molar-refractivity contribution in [3.8, 4) is 5.75 Å². The summed E-state index contributed by atoms with van der Waals surface area (Å²) in [5, 5.41) is 0. The second-order valence-electron chi connectivity index (χ2n) is 5.93. The monoisotopic (exact) mass is 318 g/mol. The summed E-state index contributed by atoms with van der Waals surface area (Å²) >= 11 is 0. The second kappa shape index (κ2) is 6.20. The summed E-state index contributed by atoms with van der Waals surface area (Å²) in [5.41, 5.74) is 1.43. The average Bonchev–Trinajstić information content (AvgIpc) is 2.54. The minimum atomic E-state index is -0.361. The van der Waals surface area contributed by atoms with E-state index in [1.165, 1.54) is 7.11 Å². The van der Waals surface area contributed by atoms with Gasteiger partial charge in [-0.05, 0) is 19.8 Å². The fourth-order valence-electron chi connectivity index (χ4n) is 3.44. The zero-order valence-electron chi connectivity index (χ0n) is 13.7. The first kappa shape index (κ1) is 15.8. The summed E-state index contributed by atoms with van der Waals surface area (Å²) in [6.45, 7) is 5.51. The van der Waals surface area contributed by atoms with E-state index in [9.17, 15) is 9.59 Å². The molecule has 1 saturated heterocycles. The Morgan fingerprint density at radius 3 is 2.91 bits per heavy atom. The third kappa shape index (κ3) is 2.47. The molecule has 0 radical (unpaired) electrons. The van der Waals surface area contributed by atoms with Gasteiger partial charge in [0.25, 0.3) is 0 Å². The lowest BCUT2D eigenvalue weighted by atomic mass is 10.0. The van der Waals surface area contributed by atoms with Crippen LogP contribution in [0.1, 0.15) is 42.7 Å². The van der Waals surface area contributed by atoms with Crippen molar-refractivity contribution < 1.29 is 14.3 Å². The highest BCUT2D eigenvalue weighted by Gasteiger charge is 2.38. The Morgan fingerprint density at radius 1 is 1.48 bits per heavy atom. The van der Waals surface area contributed by atoms with Crippen LogP contribution in [0.15, 0.2) is 17.1 Å². The minimum Gasteiger partial charge on any atom is -0.491 e. The van der Waals surface area contributed by atoms with Crippen LogP contribution in [0.4, 0.5) is 0 Å². The maximum atomic E-state index is 12.4. The van der Waals surface area contributed by atoms with Crippen LogP contribution in [0.2, 0.25) is 0 Å². The van der Waals surface area contributed by atoms with E-state index in [1.54, 1.807) is 6.20 Å². The van der Waals surface area contributed by atoms with E-state index in [0.29, 0.717) is 18.9 Å². The van der Waals surface area contributed by atoms with Gasteiger partial charge in [0.15, 0.2) is 12.0 Å². The molecule has 1 fully saturated rings. The van der Waals surface area contributed by atoms with Crippen molar-refractivity contribution >= 4 is 12.0 Å². The van der Waals surface area contributed by atoms with Gasteiger partial charge in [0.1, 0.15) is 11.9 Å². The quantitative estimate of drug-likeness (QED) is 0.796. The van der Waals surface area contributed by atoms with Crippen molar-refractivity contribution in [2.45, 2.75) is 45.5 Å². The van der Waals surface area contributed by atoms with E-state index in [2.05, 4.69) is 24.8 Å². The predicted octanol–water partition coefficient (Wildman–Crippen LogP) is 1.87. The molecule has 3 heterocycles. The summed E-state index contributed by atoms with van der Waals surface area (Å²) in [6.07, 6.45) is 5.96. The smallest absolute Gasteiger partial charge is 0.234 e. The number of aromatic nitrogens is 1. The molecule has 0 unspecified atom stereocenters. The van der Waals surface area contributed by atoms with Gasteiger partial charge in [0, 0.05) is 12.2 Å². The predicted molar refractivity (Wildman–Crippen MR) is 86.6 cm³/mol. The van der Waals surface area contributed by atoms with Crippen LogP contribution in [0.5, 0.6) is 5.75 Å². The van der Waals surface area contributed by atoms with Crippen LogP contribution in [0.25, 0.3) is 5.70 Å². The first-order valence-corrected chi connectivity index (χ1v) is 7.99. The van der Waals surface area contributed by atoms with Gasteiger partial charge in [-0.2, -0.15) is 0 Å². The van der Waals surface area contributed by atoms with Gasteiger partial charge in [0.05, 0.1) is 31.5 Å². The Hall–Kier alpha value is -2.08. The van der Waals surface area contributed by atoms with Crippen LogP contribution >= 0.6 is 0 Å². The molecule has 0 spiro atoms. The summed E-state index contributed by atoms with van der Waals surface area (Å²) < 4.78 is 13.2. The molecule has 0 N–H and O–H groups in total. The van der Waals surface area contributed by atoms with Crippen molar-refractivity contribution in [3.63, 3.8) is 0 Å². The van der Waals surface area contributed by atoms with Crippen LogP contribution in [0, 0.1) is 0 Å². The molecule has 0 saturated carbocycles. The topological polar surface area (TPSA) is 60.8 Å². The number of aldehydes is 1. The highest BCUT2D eigenvalue weighted by molar-refractivity contribution is 5.78. The minimum absolute atomic E-state index is 0.0873. The molecule has 0 aromatic carbocycles. The molecule has 1 aromatic rings. The van der Waals surface area contributed by atoms with Crippen LogP contribution in [-0.4, -0.2) is 41.7 Å². The summed E-state index contributed by atoms with van der Waals surface area (Å²) in [7, 11) is 1.47. The summed E-state index contributed by atoms with van der Waals surface area (Å²) in [5.74, 6) is 0.227. The molecular weight excluding hydrogens is 296 g/mol. The number of ether oxygens (including phenoxy) is 2. The van der Waals surface area contributed by atoms with Crippen molar-refractivity contribution in [1.29, 1.82) is 0 Å². The van der Waals surface area contributed by atoms with E-state index in [-0.39, 0.29) is 23.0 Å². The number of fused-ring (bicyclic) bond motifs is 2. The third-order valence-corrected chi connectivity index (χ3v) is 4.50. The van der Waals surface area contributed by atoms with Crippen LogP contribution in [-0.2, 0) is 11.3 Å². The van der Waals surface area contributed by atoms with E-state index in [4.69, 9.17) is 9.47 Å². The van der Waals surface area contributed by atoms with Gasteiger partial charge < -0.3 is 18.9 Å². The van der Waals surface area contributed by atoms with Gasteiger partial charge in [-0.25, -0.2) is 0 Å². The van der Waals surface area contributed by atoms with E-state index in [1.807, 2.05) is 4.57 Å². The van der Waals surface area contributed by atoms with Gasteiger partial charge in [0.2, 0.25) is 5.43 Å². The second-order valence-corrected chi connectivity index (χ2v) is 5.93. The Labute approximate surface area is 135 Å². The van der Waals surface area contributed by atoms with Gasteiger partial charge in [-0.1, -0.05) is 13.0 Å². The van der Waals surface area contributed by atoms with E-state index < -0.39 is 0 Å². The maximum Gasteiger partial charge on any atom is 0.234 e. The summed E-state index contributed by atoms with van der Waals surface area (Å²) in [4.78, 5) is 25.9. The molecule has 6 heteroatoms. The molecule has 3 rings (SSSR count). The lowest BCUT2D eigenvalue weighted by Crippen LogP contribution is -2.52. The molecule has 2 aliphatic heterocycles. The van der Waals surface area contributed by atoms with E-state index >= 15 is 0 Å². The molecule has 124 valence electrons. The SMILES string of the molecule is CC/C=C1\c2c(OC)c(=O)c(C=O)cn2C[C@@H]2OCC[C@@H](C)N12. The number of carbonyl (C=O) groups is 1. The number of rotatable bonds is 3. The lowest BCUT2D eigenvalue weighted by Gasteiger charge is -2.47. The largest absolute Gasteiger partial charge is 0.491 e. The first-order chi connectivity index (χ1) is 11.1. The van der Waals surface area contributed by atoms with Gasteiger partial charge >= 0.3 is 0 Å². The van der Waals surface area contributed by atoms with Crippen molar-refractivity contribution in [2.75, 3.05) is 13.7 Å². The summed E-state index contributed by atoms with van der Waals surface area (Å²) in [6, 6.07) is 0.325. The molecule has 2 aliphatic rings. The molecule has 0 aliphatic carbocycles. The first-order valence-electron chi connectivity index (χ1n) is 7.99.